The molecule has 2 nitrogen and oxygen atoms in total. The third-order valence-corrected chi connectivity index (χ3v) is 4.64. The summed E-state index contributed by atoms with van der Waals surface area (Å²) in [7, 11) is 0. The Labute approximate surface area is 117 Å². The van der Waals surface area contributed by atoms with Crippen molar-refractivity contribution < 1.29 is 5.32 Å². The fraction of sp³-hybridized carbons (Fsp3) is 0.250. The van der Waals surface area contributed by atoms with E-state index >= 15 is 0 Å². The minimum absolute atomic E-state index is 1.10. The van der Waals surface area contributed by atoms with Crippen molar-refractivity contribution in [2.45, 2.75) is 19.9 Å². The molecule has 0 unspecified atom stereocenters. The van der Waals surface area contributed by atoms with E-state index in [-0.39, 0.29) is 0 Å². The number of thiophene rings is 1. The predicted octanol–water partition coefficient (Wildman–Crippen LogP) is 2.84. The second-order valence-corrected chi connectivity index (χ2v) is 5.92. The first-order chi connectivity index (χ1) is 9.34. The van der Waals surface area contributed by atoms with E-state index in [1.807, 2.05) is 11.3 Å². The van der Waals surface area contributed by atoms with Gasteiger partial charge in [-0.2, -0.15) is 0 Å². The molecule has 3 aromatic rings. The van der Waals surface area contributed by atoms with Gasteiger partial charge in [-0.25, -0.2) is 0 Å². The first kappa shape index (κ1) is 12.5. The van der Waals surface area contributed by atoms with Crippen molar-refractivity contribution >= 4 is 22.2 Å². The molecule has 19 heavy (non-hydrogen) atoms. The maximum Gasteiger partial charge on any atom is 0.111 e. The largest absolute Gasteiger partial charge is 0.361 e. The van der Waals surface area contributed by atoms with Crippen molar-refractivity contribution in [2.75, 3.05) is 6.54 Å². The summed E-state index contributed by atoms with van der Waals surface area (Å²) < 4.78 is 0. The van der Waals surface area contributed by atoms with Gasteiger partial charge < -0.3 is 10.3 Å². The van der Waals surface area contributed by atoms with Crippen molar-refractivity contribution in [1.82, 2.24) is 4.98 Å². The zero-order valence-electron chi connectivity index (χ0n) is 11.1. The number of nitrogens with one attached hydrogen (secondary N) is 1. The van der Waals surface area contributed by atoms with Crippen LogP contribution in [0.15, 0.2) is 41.9 Å². The summed E-state index contributed by atoms with van der Waals surface area (Å²) in [5, 5.41) is 5.95. The number of nitrogens with two attached hydrogens (primary N) is 1. The number of hydrogen-bond donors (Lipinski definition) is 2. The normalized spacial score (nSPS) is 11.2. The number of aromatic nitrogens is 1. The molecule has 0 amide bonds. The van der Waals surface area contributed by atoms with Crippen molar-refractivity contribution in [1.29, 1.82) is 0 Å². The lowest BCUT2D eigenvalue weighted by molar-refractivity contribution is -0.669. The van der Waals surface area contributed by atoms with E-state index in [0.717, 1.165) is 19.5 Å². The summed E-state index contributed by atoms with van der Waals surface area (Å²) >= 11 is 1.86. The number of para-hydroxylation sites is 1. The number of quaternary nitrogens is 1. The van der Waals surface area contributed by atoms with E-state index in [4.69, 9.17) is 0 Å². The lowest BCUT2D eigenvalue weighted by atomic mass is 10.1. The average Bonchev–Trinajstić information content (AvgIpc) is 3.02. The molecule has 0 radical (unpaired) electrons. The minimum atomic E-state index is 1.10. The van der Waals surface area contributed by atoms with Crippen LogP contribution in [0.3, 0.4) is 0 Å². The first-order valence-electron chi connectivity index (χ1n) is 6.74. The maximum absolute atomic E-state index is 3.34. The summed E-state index contributed by atoms with van der Waals surface area (Å²) in [6, 6.07) is 10.7. The van der Waals surface area contributed by atoms with Crippen molar-refractivity contribution in [3.8, 4) is 0 Å². The van der Waals surface area contributed by atoms with Crippen LogP contribution in [-0.4, -0.2) is 11.5 Å². The van der Waals surface area contributed by atoms with E-state index in [0.29, 0.717) is 0 Å². The second-order valence-electron chi connectivity index (χ2n) is 4.92. The fourth-order valence-corrected chi connectivity index (χ4v) is 3.35. The van der Waals surface area contributed by atoms with Gasteiger partial charge in [0.15, 0.2) is 0 Å². The van der Waals surface area contributed by atoms with E-state index in [9.17, 15) is 0 Å². The molecule has 0 saturated heterocycles. The predicted molar refractivity (Wildman–Crippen MR) is 81.6 cm³/mol. The molecule has 98 valence electrons. The Morgan fingerprint density at radius 3 is 2.95 bits per heavy atom. The maximum atomic E-state index is 3.34. The molecule has 0 aliphatic heterocycles. The van der Waals surface area contributed by atoms with Gasteiger partial charge in [0, 0.05) is 23.5 Å². The summed E-state index contributed by atoms with van der Waals surface area (Å²) in [6.45, 7) is 4.43. The Morgan fingerprint density at radius 2 is 2.11 bits per heavy atom. The van der Waals surface area contributed by atoms with Gasteiger partial charge in [-0.15, -0.1) is 11.3 Å². The third kappa shape index (κ3) is 2.72. The molecule has 0 fully saturated rings. The van der Waals surface area contributed by atoms with Gasteiger partial charge in [0.05, 0.1) is 11.4 Å². The number of aryl methyl sites for hydroxylation is 1. The van der Waals surface area contributed by atoms with Crippen molar-refractivity contribution in [3.63, 3.8) is 0 Å². The summed E-state index contributed by atoms with van der Waals surface area (Å²) in [4.78, 5) is 4.84. The van der Waals surface area contributed by atoms with Crippen LogP contribution in [0, 0.1) is 6.92 Å². The molecule has 0 saturated carbocycles. The topological polar surface area (TPSA) is 32.4 Å². The van der Waals surface area contributed by atoms with Gasteiger partial charge in [-0.3, -0.25) is 0 Å². The zero-order valence-corrected chi connectivity index (χ0v) is 12.0. The number of H-pyrrole nitrogens is 1. The molecule has 1 aromatic carbocycles. The molecule has 0 aliphatic carbocycles. The van der Waals surface area contributed by atoms with Crippen LogP contribution >= 0.6 is 11.3 Å². The minimum Gasteiger partial charge on any atom is -0.361 e. The first-order valence-corrected chi connectivity index (χ1v) is 7.62. The number of rotatable bonds is 5. The molecule has 3 rings (SSSR count). The van der Waals surface area contributed by atoms with E-state index in [1.54, 1.807) is 0 Å². The molecule has 0 atom stereocenters. The molecule has 2 heterocycles. The summed E-state index contributed by atoms with van der Waals surface area (Å²) in [5.74, 6) is 0. The van der Waals surface area contributed by atoms with E-state index in [1.165, 1.54) is 26.9 Å². The van der Waals surface area contributed by atoms with Crippen LogP contribution in [0.25, 0.3) is 10.9 Å². The molecular formula is C16H19N2S+. The number of aromatic amines is 1. The number of hydrogen-bond acceptors (Lipinski definition) is 1. The standard InChI is InChI=1S/C16H18N2S/c1-12-7-9-19-16(12)11-17-8-6-13-10-18-15-5-3-2-4-14(13)15/h2-5,7,9-10,17-18H,6,8,11H2,1H3/p+1. The fourth-order valence-electron chi connectivity index (χ4n) is 2.44. The smallest absolute Gasteiger partial charge is 0.111 e. The van der Waals surface area contributed by atoms with Gasteiger partial charge in [0.1, 0.15) is 6.54 Å². The number of benzene rings is 1. The molecule has 0 bridgehead atoms. The third-order valence-electron chi connectivity index (χ3n) is 3.59. The Morgan fingerprint density at radius 1 is 1.21 bits per heavy atom. The molecule has 0 spiro atoms. The van der Waals surface area contributed by atoms with Crippen LogP contribution in [-0.2, 0) is 13.0 Å². The Bertz CT molecular complexity index is 666. The van der Waals surface area contributed by atoms with Gasteiger partial charge in [0.25, 0.3) is 0 Å². The highest BCUT2D eigenvalue weighted by Crippen LogP contribution is 2.17. The molecule has 3 N–H and O–H groups in total. The average molecular weight is 271 g/mol. The van der Waals surface area contributed by atoms with Crippen LogP contribution in [0.1, 0.15) is 16.0 Å². The van der Waals surface area contributed by atoms with Crippen molar-refractivity contribution in [3.05, 3.63) is 57.9 Å². The lowest BCUT2D eigenvalue weighted by Crippen LogP contribution is -2.83. The lowest BCUT2D eigenvalue weighted by Gasteiger charge is -2.01. The molecular weight excluding hydrogens is 252 g/mol. The highest BCUT2D eigenvalue weighted by atomic mass is 32.1. The molecule has 0 aliphatic rings. The van der Waals surface area contributed by atoms with Crippen LogP contribution < -0.4 is 5.32 Å². The Balaban J connectivity index is 1.57. The molecule has 3 heteroatoms. The Kier molecular flexibility index (Phi) is 3.67. The number of fused-ring (bicyclic) bond motifs is 1. The van der Waals surface area contributed by atoms with E-state index in [2.05, 4.69) is 59.1 Å². The second kappa shape index (κ2) is 5.59. The quantitative estimate of drug-likeness (QED) is 0.669. The SMILES string of the molecule is Cc1ccsc1C[NH2+]CCc1c[nH]c2ccccc12. The highest BCUT2D eigenvalue weighted by molar-refractivity contribution is 7.10. The van der Waals surface area contributed by atoms with Crippen molar-refractivity contribution in [2.24, 2.45) is 0 Å². The van der Waals surface area contributed by atoms with E-state index < -0.39 is 0 Å². The monoisotopic (exact) mass is 271 g/mol. The van der Waals surface area contributed by atoms with Gasteiger partial charge in [-0.05, 0) is 35.6 Å². The molecule has 2 aromatic heterocycles. The van der Waals surface area contributed by atoms with Gasteiger partial charge in [0.2, 0.25) is 0 Å². The summed E-state index contributed by atoms with van der Waals surface area (Å²) in [5.41, 5.74) is 4.09. The van der Waals surface area contributed by atoms with Gasteiger partial charge in [-0.1, -0.05) is 18.2 Å². The highest BCUT2D eigenvalue weighted by Gasteiger charge is 2.05. The van der Waals surface area contributed by atoms with Crippen LogP contribution in [0.2, 0.25) is 0 Å². The van der Waals surface area contributed by atoms with Crippen LogP contribution in [0.4, 0.5) is 0 Å². The summed E-state index contributed by atoms with van der Waals surface area (Å²) in [6.07, 6.45) is 3.27. The Hall–Kier alpha value is -1.58. The zero-order chi connectivity index (χ0) is 13.1. The van der Waals surface area contributed by atoms with Gasteiger partial charge >= 0.3 is 0 Å². The van der Waals surface area contributed by atoms with Crippen LogP contribution in [0.5, 0.6) is 0 Å².